The fourth-order valence-corrected chi connectivity index (χ4v) is 1.89. The summed E-state index contributed by atoms with van der Waals surface area (Å²) in [5.41, 5.74) is 3.51. The van der Waals surface area contributed by atoms with Gasteiger partial charge in [-0.2, -0.15) is 0 Å². The van der Waals surface area contributed by atoms with Gasteiger partial charge in [0.15, 0.2) is 5.78 Å². The number of fused-ring (bicyclic) bond motifs is 3. The molecule has 1 nitrogen and oxygen atoms in total. The van der Waals surface area contributed by atoms with Crippen molar-refractivity contribution in [3.05, 3.63) is 59.7 Å². The maximum absolute atomic E-state index is 11.9. The van der Waals surface area contributed by atoms with Crippen LogP contribution in [0, 0.1) is 6.07 Å². The van der Waals surface area contributed by atoms with Crippen molar-refractivity contribution in [2.45, 2.75) is 0 Å². The molecule has 0 unspecified atom stereocenters. The lowest BCUT2D eigenvalue weighted by Crippen LogP contribution is -1.93. The Morgan fingerprint density at radius 3 is 2.43 bits per heavy atom. The van der Waals surface area contributed by atoms with Gasteiger partial charge in [0.2, 0.25) is 0 Å². The van der Waals surface area contributed by atoms with Gasteiger partial charge in [0.05, 0.1) is 0 Å². The normalized spacial score (nSPS) is 12.4. The lowest BCUT2D eigenvalue weighted by molar-refractivity contribution is 0.104. The third-order valence-electron chi connectivity index (χ3n) is 2.54. The van der Waals surface area contributed by atoms with Crippen LogP contribution in [0.25, 0.3) is 11.1 Å². The molecule has 1 aliphatic carbocycles. The predicted molar refractivity (Wildman–Crippen MR) is 54.1 cm³/mol. The molecule has 0 fully saturated rings. The fraction of sp³-hybridized carbons (Fsp3) is 0. The number of rotatable bonds is 0. The second-order valence-corrected chi connectivity index (χ2v) is 3.33. The predicted octanol–water partition coefficient (Wildman–Crippen LogP) is 2.70. The Morgan fingerprint density at radius 2 is 1.57 bits per heavy atom. The average molecular weight is 179 g/mol. The van der Waals surface area contributed by atoms with Crippen LogP contribution in [-0.2, 0) is 0 Å². The van der Waals surface area contributed by atoms with Crippen molar-refractivity contribution in [1.29, 1.82) is 0 Å². The molecule has 1 aliphatic rings. The smallest absolute Gasteiger partial charge is 0.194 e. The van der Waals surface area contributed by atoms with Gasteiger partial charge < -0.3 is 0 Å². The highest BCUT2D eigenvalue weighted by Gasteiger charge is 2.25. The van der Waals surface area contributed by atoms with E-state index in [1.165, 1.54) is 0 Å². The largest absolute Gasteiger partial charge is 0.289 e. The maximum Gasteiger partial charge on any atom is 0.194 e. The molecular weight excluding hydrogens is 172 g/mol. The molecule has 1 radical (unpaired) electrons. The molecule has 0 spiro atoms. The monoisotopic (exact) mass is 179 g/mol. The van der Waals surface area contributed by atoms with Crippen LogP contribution in [0.2, 0.25) is 0 Å². The second-order valence-electron chi connectivity index (χ2n) is 3.33. The molecule has 14 heavy (non-hydrogen) atoms. The first kappa shape index (κ1) is 7.51. The van der Waals surface area contributed by atoms with E-state index in [1.54, 1.807) is 0 Å². The summed E-state index contributed by atoms with van der Waals surface area (Å²) >= 11 is 0. The van der Waals surface area contributed by atoms with Crippen molar-refractivity contribution < 1.29 is 4.79 Å². The summed E-state index contributed by atoms with van der Waals surface area (Å²) in [4.78, 5) is 11.9. The van der Waals surface area contributed by atoms with E-state index in [9.17, 15) is 4.79 Å². The molecule has 3 rings (SSSR count). The minimum Gasteiger partial charge on any atom is -0.289 e. The molecule has 2 aromatic carbocycles. The summed E-state index contributed by atoms with van der Waals surface area (Å²) in [5.74, 6) is 0.118. The zero-order valence-corrected chi connectivity index (χ0v) is 7.45. The first-order chi connectivity index (χ1) is 6.88. The molecule has 0 aliphatic heterocycles. The van der Waals surface area contributed by atoms with E-state index < -0.39 is 0 Å². The molecule has 2 aromatic rings. The standard InChI is InChI=1S/C13H7O/c14-13-11-7-3-1-5-9(11)10-6-2-4-8-12(10)13/h1-5,7-8H. The molecule has 0 N–H and O–H groups in total. The van der Waals surface area contributed by atoms with E-state index in [0.29, 0.717) is 0 Å². The quantitative estimate of drug-likeness (QED) is 0.518. The highest BCUT2D eigenvalue weighted by atomic mass is 16.1. The van der Waals surface area contributed by atoms with Crippen LogP contribution in [-0.4, -0.2) is 5.78 Å². The summed E-state index contributed by atoms with van der Waals surface area (Å²) in [6.45, 7) is 0. The number of carbonyl (C=O) groups excluding carboxylic acids is 1. The van der Waals surface area contributed by atoms with Crippen LogP contribution in [0.15, 0.2) is 42.5 Å². The van der Waals surface area contributed by atoms with E-state index in [4.69, 9.17) is 0 Å². The lowest BCUT2D eigenvalue weighted by atomic mass is 10.1. The van der Waals surface area contributed by atoms with Crippen LogP contribution in [0.1, 0.15) is 15.9 Å². The minimum absolute atomic E-state index is 0.118. The summed E-state index contributed by atoms with van der Waals surface area (Å²) in [6, 6.07) is 16.3. The Balaban J connectivity index is 2.42. The molecular formula is C13H7O. The maximum atomic E-state index is 11.9. The summed E-state index contributed by atoms with van der Waals surface area (Å²) < 4.78 is 0. The number of hydrogen-bond donors (Lipinski definition) is 0. The van der Waals surface area contributed by atoms with Crippen LogP contribution in [0.3, 0.4) is 0 Å². The molecule has 0 amide bonds. The van der Waals surface area contributed by atoms with Crippen LogP contribution in [0.5, 0.6) is 0 Å². The number of benzene rings is 2. The topological polar surface area (TPSA) is 17.1 Å². The molecule has 0 heterocycles. The van der Waals surface area contributed by atoms with Crippen LogP contribution in [0.4, 0.5) is 0 Å². The lowest BCUT2D eigenvalue weighted by Gasteiger charge is -1.95. The van der Waals surface area contributed by atoms with Crippen molar-refractivity contribution in [2.75, 3.05) is 0 Å². The Labute approximate surface area is 82.0 Å². The van der Waals surface area contributed by atoms with Crippen LogP contribution >= 0.6 is 0 Å². The Morgan fingerprint density at radius 1 is 0.857 bits per heavy atom. The Kier molecular flexibility index (Phi) is 1.37. The first-order valence-electron chi connectivity index (χ1n) is 4.53. The van der Waals surface area contributed by atoms with E-state index in [1.807, 2.05) is 42.5 Å². The third-order valence-corrected chi connectivity index (χ3v) is 2.54. The molecule has 0 saturated heterocycles. The van der Waals surface area contributed by atoms with Gasteiger partial charge in [0.25, 0.3) is 0 Å². The highest BCUT2D eigenvalue weighted by Crippen LogP contribution is 2.35. The SMILES string of the molecule is O=C1c2ccc[c]c2-c2ccccc21. The second kappa shape index (κ2) is 2.55. The number of carbonyl (C=O) groups is 1. The third kappa shape index (κ3) is 0.814. The van der Waals surface area contributed by atoms with Gasteiger partial charge >= 0.3 is 0 Å². The highest BCUT2D eigenvalue weighted by molar-refractivity contribution is 6.21. The Hall–Kier alpha value is -1.89. The average Bonchev–Trinajstić information content (AvgIpc) is 2.55. The number of ketones is 1. The van der Waals surface area contributed by atoms with E-state index in [0.717, 1.165) is 22.3 Å². The summed E-state index contributed by atoms with van der Waals surface area (Å²) in [7, 11) is 0. The summed E-state index contributed by atoms with van der Waals surface area (Å²) in [6.07, 6.45) is 0. The van der Waals surface area contributed by atoms with E-state index in [-0.39, 0.29) is 5.78 Å². The van der Waals surface area contributed by atoms with Crippen molar-refractivity contribution in [3.63, 3.8) is 0 Å². The molecule has 0 aromatic heterocycles. The fourth-order valence-electron chi connectivity index (χ4n) is 1.89. The minimum atomic E-state index is 0.118. The van der Waals surface area contributed by atoms with E-state index in [2.05, 4.69) is 6.07 Å². The van der Waals surface area contributed by atoms with Gasteiger partial charge in [-0.25, -0.2) is 0 Å². The molecule has 1 heteroatoms. The summed E-state index contributed by atoms with van der Waals surface area (Å²) in [5, 5.41) is 0. The molecule has 65 valence electrons. The van der Waals surface area contributed by atoms with Gasteiger partial charge in [-0.1, -0.05) is 42.5 Å². The van der Waals surface area contributed by atoms with Crippen molar-refractivity contribution in [3.8, 4) is 11.1 Å². The zero-order chi connectivity index (χ0) is 9.54. The van der Waals surface area contributed by atoms with Crippen molar-refractivity contribution >= 4 is 5.78 Å². The molecule has 0 bridgehead atoms. The van der Waals surface area contributed by atoms with Crippen molar-refractivity contribution in [1.82, 2.24) is 0 Å². The van der Waals surface area contributed by atoms with E-state index >= 15 is 0 Å². The molecule has 0 atom stereocenters. The van der Waals surface area contributed by atoms with Gasteiger partial charge in [0, 0.05) is 16.7 Å². The van der Waals surface area contributed by atoms with Gasteiger partial charge in [-0.3, -0.25) is 4.79 Å². The zero-order valence-electron chi connectivity index (χ0n) is 7.45. The number of hydrogen-bond acceptors (Lipinski definition) is 1. The van der Waals surface area contributed by atoms with Crippen molar-refractivity contribution in [2.24, 2.45) is 0 Å². The first-order valence-corrected chi connectivity index (χ1v) is 4.53. The van der Waals surface area contributed by atoms with Gasteiger partial charge in [-0.05, 0) is 11.6 Å². The van der Waals surface area contributed by atoms with Gasteiger partial charge in [0.1, 0.15) is 0 Å². The van der Waals surface area contributed by atoms with Gasteiger partial charge in [-0.15, -0.1) is 0 Å². The van der Waals surface area contributed by atoms with Crippen LogP contribution < -0.4 is 0 Å². The molecule has 0 saturated carbocycles. The Bertz CT molecular complexity index is 479.